The SMILES string of the molecule is COc1ccccc1N1C(=O)/C(=C/c2cn(CC(=O)Nc3ccc4c(c3)OCO4)c3ccccc23)SC1=S. The molecular formula is C28H21N3O5S2. The van der Waals surface area contributed by atoms with E-state index in [4.69, 9.17) is 26.4 Å². The number of thiocarbonyl (C=S) groups is 1. The molecule has 0 bridgehead atoms. The van der Waals surface area contributed by atoms with Gasteiger partial charge in [0.2, 0.25) is 12.7 Å². The van der Waals surface area contributed by atoms with Crippen LogP contribution in [0.4, 0.5) is 11.4 Å². The molecule has 1 fully saturated rings. The predicted octanol–water partition coefficient (Wildman–Crippen LogP) is 5.42. The van der Waals surface area contributed by atoms with Crippen LogP contribution in [0.25, 0.3) is 17.0 Å². The van der Waals surface area contributed by atoms with Gasteiger partial charge in [0, 0.05) is 34.4 Å². The van der Waals surface area contributed by atoms with Crippen LogP contribution in [0.5, 0.6) is 17.2 Å². The summed E-state index contributed by atoms with van der Waals surface area (Å²) in [5.74, 6) is 1.40. The fraction of sp³-hybridized carbons (Fsp3) is 0.107. The van der Waals surface area contributed by atoms with Gasteiger partial charge in [0.25, 0.3) is 5.91 Å². The van der Waals surface area contributed by atoms with Gasteiger partial charge in [-0.25, -0.2) is 0 Å². The lowest BCUT2D eigenvalue weighted by atomic mass is 10.1. The average Bonchev–Trinajstić information content (AvgIpc) is 3.60. The highest BCUT2D eigenvalue weighted by atomic mass is 32.2. The molecule has 0 spiro atoms. The van der Waals surface area contributed by atoms with Crippen molar-refractivity contribution in [3.05, 3.63) is 83.4 Å². The van der Waals surface area contributed by atoms with Gasteiger partial charge < -0.3 is 24.1 Å². The first-order valence-corrected chi connectivity index (χ1v) is 12.9. The van der Waals surface area contributed by atoms with Crippen LogP contribution in [0.2, 0.25) is 0 Å². The Labute approximate surface area is 227 Å². The zero-order valence-electron chi connectivity index (χ0n) is 20.2. The molecule has 0 saturated carbocycles. The molecule has 1 aromatic heterocycles. The van der Waals surface area contributed by atoms with E-state index in [-0.39, 0.29) is 25.2 Å². The number of thioether (sulfide) groups is 1. The minimum atomic E-state index is -0.220. The number of carbonyl (C=O) groups excluding carboxylic acids is 2. The Morgan fingerprint density at radius 2 is 1.89 bits per heavy atom. The van der Waals surface area contributed by atoms with Crippen molar-refractivity contribution in [2.24, 2.45) is 0 Å². The highest BCUT2D eigenvalue weighted by molar-refractivity contribution is 8.27. The van der Waals surface area contributed by atoms with E-state index in [1.807, 2.05) is 53.2 Å². The number of hydrogen-bond donors (Lipinski definition) is 1. The second kappa shape index (κ2) is 9.88. The summed E-state index contributed by atoms with van der Waals surface area (Å²) in [7, 11) is 1.56. The normalized spacial score (nSPS) is 15.5. The van der Waals surface area contributed by atoms with Crippen LogP contribution < -0.4 is 24.4 Å². The van der Waals surface area contributed by atoms with Crippen LogP contribution in [-0.4, -0.2) is 34.6 Å². The Morgan fingerprint density at radius 3 is 2.76 bits per heavy atom. The summed E-state index contributed by atoms with van der Waals surface area (Å²) in [5.41, 5.74) is 2.91. The van der Waals surface area contributed by atoms with Crippen LogP contribution in [0.3, 0.4) is 0 Å². The van der Waals surface area contributed by atoms with Crippen LogP contribution in [0, 0.1) is 0 Å². The molecule has 190 valence electrons. The summed E-state index contributed by atoms with van der Waals surface area (Å²) in [5, 5.41) is 3.83. The number of anilines is 2. The second-order valence-corrected chi connectivity index (χ2v) is 10.2. The number of rotatable bonds is 6. The van der Waals surface area contributed by atoms with E-state index in [9.17, 15) is 9.59 Å². The minimum Gasteiger partial charge on any atom is -0.495 e. The minimum absolute atomic E-state index is 0.0883. The molecule has 10 heteroatoms. The maximum Gasteiger partial charge on any atom is 0.270 e. The van der Waals surface area contributed by atoms with Gasteiger partial charge in [0.05, 0.1) is 17.7 Å². The van der Waals surface area contributed by atoms with Crippen molar-refractivity contribution >= 4 is 68.5 Å². The zero-order valence-corrected chi connectivity index (χ0v) is 21.8. The fourth-order valence-electron chi connectivity index (χ4n) is 4.48. The molecule has 3 aromatic carbocycles. The van der Waals surface area contributed by atoms with E-state index in [2.05, 4.69) is 5.32 Å². The summed E-state index contributed by atoms with van der Waals surface area (Å²) < 4.78 is 18.5. The predicted molar refractivity (Wildman–Crippen MR) is 152 cm³/mol. The van der Waals surface area contributed by atoms with Crippen molar-refractivity contribution in [1.29, 1.82) is 0 Å². The number of methoxy groups -OCH3 is 1. The number of nitrogens with zero attached hydrogens (tertiary/aromatic N) is 2. The molecule has 2 aliphatic rings. The van der Waals surface area contributed by atoms with E-state index >= 15 is 0 Å². The summed E-state index contributed by atoms with van der Waals surface area (Å²) in [6.07, 6.45) is 3.70. The summed E-state index contributed by atoms with van der Waals surface area (Å²) in [4.78, 5) is 28.3. The van der Waals surface area contributed by atoms with Gasteiger partial charge in [0.1, 0.15) is 12.3 Å². The number of amides is 2. The molecule has 0 atom stereocenters. The van der Waals surface area contributed by atoms with Crippen molar-refractivity contribution in [3.8, 4) is 17.2 Å². The smallest absolute Gasteiger partial charge is 0.270 e. The van der Waals surface area contributed by atoms with Gasteiger partial charge in [-0.15, -0.1) is 0 Å². The van der Waals surface area contributed by atoms with Gasteiger partial charge in [0.15, 0.2) is 15.8 Å². The van der Waals surface area contributed by atoms with Crippen LogP contribution in [0.1, 0.15) is 5.56 Å². The molecule has 38 heavy (non-hydrogen) atoms. The molecule has 0 radical (unpaired) electrons. The van der Waals surface area contributed by atoms with Crippen LogP contribution in [0.15, 0.2) is 77.8 Å². The van der Waals surface area contributed by atoms with Crippen molar-refractivity contribution in [2.45, 2.75) is 6.54 Å². The van der Waals surface area contributed by atoms with Crippen molar-refractivity contribution < 1.29 is 23.8 Å². The van der Waals surface area contributed by atoms with Crippen LogP contribution >= 0.6 is 24.0 Å². The Balaban J connectivity index is 1.27. The Kier molecular flexibility index (Phi) is 6.26. The van der Waals surface area contributed by atoms with Gasteiger partial charge in [-0.2, -0.15) is 0 Å². The summed E-state index contributed by atoms with van der Waals surface area (Å²) >= 11 is 6.78. The summed E-state index contributed by atoms with van der Waals surface area (Å²) in [6.45, 7) is 0.257. The zero-order chi connectivity index (χ0) is 26.2. The Hall–Kier alpha value is -4.28. The molecule has 1 saturated heterocycles. The quantitative estimate of drug-likeness (QED) is 0.257. The number of nitrogens with one attached hydrogen (secondary N) is 1. The van der Waals surface area contributed by atoms with E-state index in [1.54, 1.807) is 37.4 Å². The number of benzene rings is 3. The first-order chi connectivity index (χ1) is 18.5. The molecule has 2 amide bonds. The van der Waals surface area contributed by atoms with Gasteiger partial charge in [-0.1, -0.05) is 54.3 Å². The van der Waals surface area contributed by atoms with Gasteiger partial charge in [-0.3, -0.25) is 14.5 Å². The first-order valence-electron chi connectivity index (χ1n) is 11.7. The van der Waals surface area contributed by atoms with Crippen molar-refractivity contribution in [2.75, 3.05) is 24.1 Å². The molecule has 1 N–H and O–H groups in total. The van der Waals surface area contributed by atoms with Crippen LogP contribution in [-0.2, 0) is 16.1 Å². The molecule has 0 unspecified atom stereocenters. The molecule has 0 aliphatic carbocycles. The maximum atomic E-state index is 13.4. The van der Waals surface area contributed by atoms with E-state index < -0.39 is 0 Å². The number of para-hydroxylation sites is 3. The molecule has 4 aromatic rings. The third kappa shape index (κ3) is 4.37. The standard InChI is InChI=1S/C28H21N3O5S2/c1-34-22-9-5-4-8-21(22)31-27(33)25(38-28(31)37)12-17-14-30(20-7-3-2-6-19(17)20)15-26(32)29-18-10-11-23-24(13-18)36-16-35-23/h2-14H,15-16H2,1H3,(H,29,32)/b25-12-. The van der Waals surface area contributed by atoms with Gasteiger partial charge in [-0.05, 0) is 36.4 Å². The van der Waals surface area contributed by atoms with E-state index in [0.717, 1.165) is 16.5 Å². The summed E-state index contributed by atoms with van der Waals surface area (Å²) in [6, 6.07) is 20.3. The maximum absolute atomic E-state index is 13.4. The topological polar surface area (TPSA) is 82.0 Å². The highest BCUT2D eigenvalue weighted by Gasteiger charge is 2.35. The van der Waals surface area contributed by atoms with E-state index in [0.29, 0.717) is 37.8 Å². The van der Waals surface area contributed by atoms with Crippen molar-refractivity contribution in [3.63, 3.8) is 0 Å². The molecular weight excluding hydrogens is 522 g/mol. The molecule has 8 nitrogen and oxygen atoms in total. The third-order valence-corrected chi connectivity index (χ3v) is 7.50. The number of carbonyl (C=O) groups is 2. The number of hydrogen-bond acceptors (Lipinski definition) is 7. The number of fused-ring (bicyclic) bond motifs is 2. The fourth-order valence-corrected chi connectivity index (χ4v) is 5.76. The molecule has 3 heterocycles. The Morgan fingerprint density at radius 1 is 1.11 bits per heavy atom. The first kappa shape index (κ1) is 24.1. The van der Waals surface area contributed by atoms with Gasteiger partial charge >= 0.3 is 0 Å². The number of ether oxygens (including phenoxy) is 3. The lowest BCUT2D eigenvalue weighted by molar-refractivity contribution is -0.116. The third-order valence-electron chi connectivity index (χ3n) is 6.20. The second-order valence-electron chi connectivity index (χ2n) is 8.53. The number of aromatic nitrogens is 1. The lowest BCUT2D eigenvalue weighted by Crippen LogP contribution is -2.27. The monoisotopic (exact) mass is 543 g/mol. The van der Waals surface area contributed by atoms with E-state index in [1.165, 1.54) is 16.7 Å². The van der Waals surface area contributed by atoms with Crippen molar-refractivity contribution in [1.82, 2.24) is 4.57 Å². The highest BCUT2D eigenvalue weighted by Crippen LogP contribution is 2.40. The molecule has 6 rings (SSSR count). The largest absolute Gasteiger partial charge is 0.495 e. The Bertz CT molecular complexity index is 1640. The average molecular weight is 544 g/mol. The molecule has 2 aliphatic heterocycles. The lowest BCUT2D eigenvalue weighted by Gasteiger charge is -2.17.